The third kappa shape index (κ3) is 3.83. The Morgan fingerprint density at radius 3 is 2.44 bits per heavy atom. The Morgan fingerprint density at radius 2 is 1.85 bits per heavy atom. The van der Waals surface area contributed by atoms with Gasteiger partial charge in [-0.05, 0) is 36.8 Å². The minimum absolute atomic E-state index is 0.167. The van der Waals surface area contributed by atoms with Gasteiger partial charge in [-0.3, -0.25) is 9.69 Å². The molecule has 1 atom stereocenters. The maximum absolute atomic E-state index is 13.4. The van der Waals surface area contributed by atoms with Crippen LogP contribution in [0.25, 0.3) is 0 Å². The normalized spacial score (nSPS) is 17.5. The van der Waals surface area contributed by atoms with Crippen molar-refractivity contribution in [1.82, 2.24) is 0 Å². The van der Waals surface area contributed by atoms with Crippen molar-refractivity contribution in [2.24, 2.45) is 0 Å². The van der Waals surface area contributed by atoms with E-state index in [1.54, 1.807) is 30.3 Å². The first kappa shape index (κ1) is 19.0. The number of carbonyl (C=O) groups is 1. The molecule has 1 aliphatic heterocycles. The van der Waals surface area contributed by atoms with Crippen LogP contribution < -0.4 is 14.4 Å². The van der Waals surface area contributed by atoms with Crippen LogP contribution in [0.5, 0.6) is 11.5 Å². The number of ether oxygens (including phenoxy) is 2. The molecule has 2 aromatic rings. The molecule has 1 heterocycles. The molecular formula is C20H21NO5S. The van der Waals surface area contributed by atoms with Gasteiger partial charge >= 0.3 is 0 Å². The Bertz CT molecular complexity index is 997. The number of anilines is 1. The van der Waals surface area contributed by atoms with Crippen LogP contribution in [0.4, 0.5) is 5.69 Å². The predicted molar refractivity (Wildman–Crippen MR) is 104 cm³/mol. The molecule has 2 aromatic carbocycles. The van der Waals surface area contributed by atoms with Crippen LogP contribution >= 0.6 is 0 Å². The summed E-state index contributed by atoms with van der Waals surface area (Å²) in [6.45, 7) is 1.85. The molecule has 0 bridgehead atoms. The Hall–Kier alpha value is -2.80. The van der Waals surface area contributed by atoms with Gasteiger partial charge in [0, 0.05) is 17.0 Å². The number of amides is 1. The summed E-state index contributed by atoms with van der Waals surface area (Å²) in [5, 5.41) is 1.16. The van der Waals surface area contributed by atoms with Crippen LogP contribution in [0.1, 0.15) is 15.9 Å². The molecule has 0 fully saturated rings. The molecule has 0 spiro atoms. The molecule has 0 N–H and O–H groups in total. The van der Waals surface area contributed by atoms with Crippen molar-refractivity contribution < 1.29 is 22.7 Å². The summed E-state index contributed by atoms with van der Waals surface area (Å²) in [6, 6.07) is 11.7. The van der Waals surface area contributed by atoms with Crippen LogP contribution in [0, 0.1) is 6.92 Å². The van der Waals surface area contributed by atoms with Gasteiger partial charge in [0.15, 0.2) is 9.84 Å². The minimum atomic E-state index is -3.35. The highest BCUT2D eigenvalue weighted by atomic mass is 32.2. The van der Waals surface area contributed by atoms with E-state index in [9.17, 15) is 13.2 Å². The monoisotopic (exact) mass is 387 g/mol. The van der Waals surface area contributed by atoms with Crippen LogP contribution in [0.3, 0.4) is 0 Å². The van der Waals surface area contributed by atoms with Crippen LogP contribution in [-0.4, -0.2) is 40.3 Å². The van der Waals surface area contributed by atoms with Crippen molar-refractivity contribution in [3.8, 4) is 11.5 Å². The zero-order valence-electron chi connectivity index (χ0n) is 15.4. The minimum Gasteiger partial charge on any atom is -0.497 e. The van der Waals surface area contributed by atoms with E-state index in [1.807, 2.05) is 19.1 Å². The Morgan fingerprint density at radius 1 is 1.11 bits per heavy atom. The lowest BCUT2D eigenvalue weighted by Gasteiger charge is -2.29. The highest BCUT2D eigenvalue weighted by Crippen LogP contribution is 2.36. The highest BCUT2D eigenvalue weighted by molar-refractivity contribution is 7.94. The van der Waals surface area contributed by atoms with Gasteiger partial charge in [0.2, 0.25) is 0 Å². The maximum Gasteiger partial charge on any atom is 0.259 e. The quantitative estimate of drug-likeness (QED) is 0.789. The number of nitrogens with zero attached hydrogens (tertiary/aromatic N) is 1. The number of methoxy groups -OCH3 is 2. The fraction of sp³-hybridized carbons (Fsp3) is 0.250. The number of hydrogen-bond acceptors (Lipinski definition) is 5. The number of carbonyl (C=O) groups excluding carboxylic acids is 1. The smallest absolute Gasteiger partial charge is 0.259 e. The molecule has 0 aliphatic carbocycles. The first-order valence-electron chi connectivity index (χ1n) is 8.38. The number of hydrogen-bond donors (Lipinski definition) is 0. The van der Waals surface area contributed by atoms with E-state index in [2.05, 4.69) is 0 Å². The molecule has 0 radical (unpaired) electrons. The van der Waals surface area contributed by atoms with Crippen LogP contribution in [0.15, 0.2) is 53.9 Å². The van der Waals surface area contributed by atoms with Crippen LogP contribution in [-0.2, 0) is 9.84 Å². The van der Waals surface area contributed by atoms with Gasteiger partial charge in [-0.25, -0.2) is 8.42 Å². The Balaban J connectivity index is 2.13. The average molecular weight is 387 g/mol. The molecule has 7 heteroatoms. The molecule has 0 saturated carbocycles. The number of aryl methyl sites for hydroxylation is 1. The third-order valence-electron chi connectivity index (χ3n) is 4.48. The molecule has 1 aliphatic rings. The lowest BCUT2D eigenvalue weighted by molar-refractivity contribution is 0.0982. The lowest BCUT2D eigenvalue weighted by Crippen LogP contribution is -2.41. The van der Waals surface area contributed by atoms with Crippen molar-refractivity contribution in [1.29, 1.82) is 0 Å². The lowest BCUT2D eigenvalue weighted by atomic mass is 10.1. The van der Waals surface area contributed by atoms with Gasteiger partial charge in [0.25, 0.3) is 5.91 Å². The van der Waals surface area contributed by atoms with Crippen molar-refractivity contribution in [2.75, 3.05) is 24.9 Å². The second-order valence-corrected chi connectivity index (χ2v) is 8.18. The van der Waals surface area contributed by atoms with Gasteiger partial charge < -0.3 is 9.47 Å². The van der Waals surface area contributed by atoms with E-state index in [0.717, 1.165) is 11.0 Å². The molecule has 142 valence electrons. The Labute approximate surface area is 158 Å². The molecule has 0 aromatic heterocycles. The summed E-state index contributed by atoms with van der Waals surface area (Å²) in [6.07, 6.45) is 1.54. The van der Waals surface area contributed by atoms with Gasteiger partial charge in [-0.1, -0.05) is 18.2 Å². The molecular weight excluding hydrogens is 366 g/mol. The van der Waals surface area contributed by atoms with E-state index < -0.39 is 15.9 Å². The maximum atomic E-state index is 13.4. The molecule has 6 nitrogen and oxygen atoms in total. The first-order chi connectivity index (χ1) is 12.9. The largest absolute Gasteiger partial charge is 0.497 e. The summed E-state index contributed by atoms with van der Waals surface area (Å²) in [5.41, 5.74) is 1.80. The summed E-state index contributed by atoms with van der Waals surface area (Å²) in [4.78, 5) is 14.9. The van der Waals surface area contributed by atoms with Gasteiger partial charge in [-0.2, -0.15) is 0 Å². The number of benzene rings is 2. The fourth-order valence-electron chi connectivity index (χ4n) is 3.09. The van der Waals surface area contributed by atoms with Crippen molar-refractivity contribution >= 4 is 21.4 Å². The van der Waals surface area contributed by atoms with E-state index in [1.165, 1.54) is 25.2 Å². The van der Waals surface area contributed by atoms with Gasteiger partial charge in [0.1, 0.15) is 11.5 Å². The predicted octanol–water partition coefficient (Wildman–Crippen LogP) is 2.97. The Kier molecular flexibility index (Phi) is 5.23. The fourth-order valence-corrected chi connectivity index (χ4v) is 4.35. The molecule has 27 heavy (non-hydrogen) atoms. The summed E-state index contributed by atoms with van der Waals surface area (Å²) in [7, 11) is -0.312. The molecule has 1 amide bonds. The summed E-state index contributed by atoms with van der Waals surface area (Å²) in [5.74, 6) is 0.547. The van der Waals surface area contributed by atoms with E-state index >= 15 is 0 Å². The van der Waals surface area contributed by atoms with Crippen molar-refractivity contribution in [3.05, 3.63) is 65.1 Å². The first-order valence-corrected chi connectivity index (χ1v) is 10.1. The molecule has 1 unspecified atom stereocenters. The van der Waals surface area contributed by atoms with E-state index in [-0.39, 0.29) is 11.7 Å². The topological polar surface area (TPSA) is 72.9 Å². The zero-order chi connectivity index (χ0) is 19.6. The zero-order valence-corrected chi connectivity index (χ0v) is 16.2. The van der Waals surface area contributed by atoms with E-state index in [0.29, 0.717) is 22.7 Å². The third-order valence-corrected chi connectivity index (χ3v) is 5.86. The van der Waals surface area contributed by atoms with Crippen LogP contribution in [0.2, 0.25) is 0 Å². The number of sulfone groups is 1. The SMILES string of the molecule is COc1ccc(N(C(=O)c2ccccc2C)C2C=CS(=O)(=O)C2)c(OC)c1. The highest BCUT2D eigenvalue weighted by Gasteiger charge is 2.34. The van der Waals surface area contributed by atoms with E-state index in [4.69, 9.17) is 9.47 Å². The second kappa shape index (κ2) is 7.44. The summed E-state index contributed by atoms with van der Waals surface area (Å²) >= 11 is 0. The average Bonchev–Trinajstić information content (AvgIpc) is 3.01. The van der Waals surface area contributed by atoms with Crippen molar-refractivity contribution in [3.63, 3.8) is 0 Å². The second-order valence-electron chi connectivity index (χ2n) is 6.25. The summed E-state index contributed by atoms with van der Waals surface area (Å²) < 4.78 is 34.6. The van der Waals surface area contributed by atoms with Gasteiger partial charge in [-0.15, -0.1) is 0 Å². The standard InChI is InChI=1S/C20H21NO5S/c1-14-6-4-5-7-17(14)20(22)21(15-10-11-27(23,24)13-15)18-9-8-16(25-2)12-19(18)26-3/h4-12,15H,13H2,1-3H3. The molecule has 3 rings (SSSR count). The molecule has 0 saturated heterocycles. The number of rotatable bonds is 5. The van der Waals surface area contributed by atoms with Gasteiger partial charge in [0.05, 0.1) is 31.7 Å². The van der Waals surface area contributed by atoms with Crippen molar-refractivity contribution in [2.45, 2.75) is 13.0 Å².